The van der Waals surface area contributed by atoms with Gasteiger partial charge in [0.05, 0.1) is 4.88 Å². The van der Waals surface area contributed by atoms with Crippen molar-refractivity contribution in [3.63, 3.8) is 0 Å². The molecule has 1 atom stereocenters. The Kier molecular flexibility index (Phi) is 4.14. The molecule has 1 unspecified atom stereocenters. The lowest BCUT2D eigenvalue weighted by Crippen LogP contribution is -2.42. The van der Waals surface area contributed by atoms with E-state index in [-0.39, 0.29) is 15.3 Å². The summed E-state index contributed by atoms with van der Waals surface area (Å²) < 4.78 is 39.6. The SMILES string of the molecule is OC(CCc1cccs1)(c1c[nH]c(=S)s1)C(F)(F)F. The van der Waals surface area contributed by atoms with Crippen molar-refractivity contribution in [1.82, 2.24) is 4.98 Å². The van der Waals surface area contributed by atoms with Crippen molar-refractivity contribution >= 4 is 34.9 Å². The molecule has 0 aliphatic heterocycles. The van der Waals surface area contributed by atoms with Gasteiger partial charge in [0.15, 0.2) is 9.56 Å². The van der Waals surface area contributed by atoms with E-state index in [0.29, 0.717) is 0 Å². The first-order valence-corrected chi connectivity index (χ1v) is 7.44. The Balaban J connectivity index is 2.27. The number of aliphatic hydroxyl groups is 1. The fourth-order valence-electron chi connectivity index (χ4n) is 1.65. The molecule has 0 aliphatic carbocycles. The Morgan fingerprint density at radius 1 is 1.37 bits per heavy atom. The normalized spacial score (nSPS) is 15.4. The Labute approximate surface area is 120 Å². The van der Waals surface area contributed by atoms with Gasteiger partial charge in [0, 0.05) is 11.1 Å². The number of thiophene rings is 1. The largest absolute Gasteiger partial charge is 0.422 e. The second-order valence-electron chi connectivity index (χ2n) is 3.98. The summed E-state index contributed by atoms with van der Waals surface area (Å²) >= 11 is 6.90. The van der Waals surface area contributed by atoms with Gasteiger partial charge in [0.1, 0.15) is 0 Å². The van der Waals surface area contributed by atoms with Crippen LogP contribution in [0.5, 0.6) is 0 Å². The molecule has 2 nitrogen and oxygen atoms in total. The average molecular weight is 325 g/mol. The van der Waals surface area contributed by atoms with Crippen LogP contribution in [-0.4, -0.2) is 16.3 Å². The number of halogens is 3. The van der Waals surface area contributed by atoms with Crippen LogP contribution in [0.4, 0.5) is 13.2 Å². The predicted molar refractivity (Wildman–Crippen MR) is 72.1 cm³/mol. The van der Waals surface area contributed by atoms with Gasteiger partial charge in [0.25, 0.3) is 0 Å². The maximum absolute atomic E-state index is 13.1. The van der Waals surface area contributed by atoms with E-state index in [1.54, 1.807) is 17.5 Å². The Morgan fingerprint density at radius 2 is 2.11 bits per heavy atom. The standard InChI is InChI=1S/C11H10F3NOS3/c12-11(13,14)10(16,8-6-15-9(17)19-8)4-3-7-2-1-5-18-7/h1-2,5-6,16H,3-4H2,(H,15,17). The number of aryl methyl sites for hydroxylation is 1. The van der Waals surface area contributed by atoms with Gasteiger partial charge in [-0.05, 0) is 36.5 Å². The highest BCUT2D eigenvalue weighted by Gasteiger charge is 2.55. The van der Waals surface area contributed by atoms with E-state index in [4.69, 9.17) is 12.2 Å². The van der Waals surface area contributed by atoms with Crippen LogP contribution in [0.15, 0.2) is 23.7 Å². The zero-order chi connectivity index (χ0) is 14.1. The van der Waals surface area contributed by atoms with Crippen molar-refractivity contribution in [3.8, 4) is 0 Å². The quantitative estimate of drug-likeness (QED) is 0.825. The van der Waals surface area contributed by atoms with Crippen LogP contribution in [0, 0.1) is 3.95 Å². The molecule has 0 bridgehead atoms. The number of alkyl halides is 3. The fourth-order valence-corrected chi connectivity index (χ4v) is 3.51. The van der Waals surface area contributed by atoms with Gasteiger partial charge >= 0.3 is 6.18 Å². The number of nitrogens with one attached hydrogen (secondary N) is 1. The van der Waals surface area contributed by atoms with E-state index >= 15 is 0 Å². The van der Waals surface area contributed by atoms with Gasteiger partial charge in [0.2, 0.25) is 0 Å². The third-order valence-corrected chi connectivity index (χ3v) is 5.00. The molecule has 0 amide bonds. The minimum atomic E-state index is -4.73. The van der Waals surface area contributed by atoms with Crippen molar-refractivity contribution in [3.05, 3.63) is 37.4 Å². The lowest BCUT2D eigenvalue weighted by Gasteiger charge is -2.29. The van der Waals surface area contributed by atoms with Crippen molar-refractivity contribution in [2.45, 2.75) is 24.6 Å². The number of thiazole rings is 1. The molecule has 0 radical (unpaired) electrons. The lowest BCUT2D eigenvalue weighted by molar-refractivity contribution is -0.267. The summed E-state index contributed by atoms with van der Waals surface area (Å²) in [5.74, 6) is 0. The van der Waals surface area contributed by atoms with Crippen molar-refractivity contribution in [1.29, 1.82) is 0 Å². The van der Waals surface area contributed by atoms with E-state index in [9.17, 15) is 18.3 Å². The van der Waals surface area contributed by atoms with Gasteiger partial charge in [-0.1, -0.05) is 6.07 Å². The van der Waals surface area contributed by atoms with E-state index < -0.39 is 18.2 Å². The first-order valence-electron chi connectivity index (χ1n) is 5.33. The van der Waals surface area contributed by atoms with Crippen molar-refractivity contribution in [2.75, 3.05) is 0 Å². The predicted octanol–water partition coefficient (Wildman–Crippen LogP) is 4.25. The molecule has 2 rings (SSSR count). The molecule has 19 heavy (non-hydrogen) atoms. The third-order valence-electron chi connectivity index (χ3n) is 2.71. The van der Waals surface area contributed by atoms with Gasteiger partial charge < -0.3 is 10.1 Å². The molecule has 0 saturated carbocycles. The van der Waals surface area contributed by atoms with Crippen LogP contribution in [0.25, 0.3) is 0 Å². The van der Waals surface area contributed by atoms with Crippen LogP contribution in [0.1, 0.15) is 16.2 Å². The van der Waals surface area contributed by atoms with E-state index in [2.05, 4.69) is 4.98 Å². The lowest BCUT2D eigenvalue weighted by atomic mass is 9.95. The second kappa shape index (κ2) is 5.35. The Hall–Kier alpha value is -0.700. The van der Waals surface area contributed by atoms with E-state index in [0.717, 1.165) is 22.4 Å². The smallest absolute Gasteiger partial charge is 0.376 e. The molecule has 2 aromatic heterocycles. The van der Waals surface area contributed by atoms with Gasteiger partial charge in [-0.2, -0.15) is 13.2 Å². The molecule has 8 heteroatoms. The average Bonchev–Trinajstić information content (AvgIpc) is 2.95. The first kappa shape index (κ1) is 14.7. The highest BCUT2D eigenvalue weighted by atomic mass is 32.1. The Morgan fingerprint density at radius 3 is 2.58 bits per heavy atom. The summed E-state index contributed by atoms with van der Waals surface area (Å²) in [5.41, 5.74) is -2.85. The van der Waals surface area contributed by atoms with Gasteiger partial charge in [-0.25, -0.2) is 0 Å². The fraction of sp³-hybridized carbons (Fsp3) is 0.364. The molecule has 0 aromatic carbocycles. The van der Waals surface area contributed by atoms with Crippen LogP contribution in [0.2, 0.25) is 0 Å². The summed E-state index contributed by atoms with van der Waals surface area (Å²) in [6, 6.07) is 3.52. The Bertz CT molecular complexity index is 587. The summed E-state index contributed by atoms with van der Waals surface area (Å²) in [4.78, 5) is 3.13. The topological polar surface area (TPSA) is 36.0 Å². The number of aromatic nitrogens is 1. The van der Waals surface area contributed by atoms with E-state index in [1.165, 1.54) is 11.3 Å². The monoisotopic (exact) mass is 325 g/mol. The van der Waals surface area contributed by atoms with Gasteiger partial charge in [-0.3, -0.25) is 0 Å². The molecule has 0 fully saturated rings. The highest BCUT2D eigenvalue weighted by molar-refractivity contribution is 7.73. The highest BCUT2D eigenvalue weighted by Crippen LogP contribution is 2.44. The third kappa shape index (κ3) is 3.07. The molecular formula is C11H10F3NOS3. The molecule has 2 aromatic rings. The zero-order valence-corrected chi connectivity index (χ0v) is 12.0. The summed E-state index contributed by atoms with van der Waals surface area (Å²) in [5, 5.41) is 11.8. The number of rotatable bonds is 4. The maximum atomic E-state index is 13.1. The van der Waals surface area contributed by atoms with E-state index in [1.807, 2.05) is 0 Å². The summed E-state index contributed by atoms with van der Waals surface area (Å²) in [6.07, 6.45) is -3.85. The summed E-state index contributed by atoms with van der Waals surface area (Å²) in [6.45, 7) is 0. The molecule has 0 spiro atoms. The number of hydrogen-bond acceptors (Lipinski definition) is 4. The van der Waals surface area contributed by atoms with Crippen molar-refractivity contribution < 1.29 is 18.3 Å². The minimum absolute atomic E-state index is 0.165. The van der Waals surface area contributed by atoms with Crippen LogP contribution < -0.4 is 0 Å². The maximum Gasteiger partial charge on any atom is 0.422 e. The van der Waals surface area contributed by atoms with Crippen molar-refractivity contribution in [2.24, 2.45) is 0 Å². The number of hydrogen-bond donors (Lipinski definition) is 2. The molecule has 0 aliphatic rings. The molecule has 104 valence electrons. The number of aromatic amines is 1. The molecule has 2 heterocycles. The van der Waals surface area contributed by atoms with Crippen LogP contribution >= 0.6 is 34.9 Å². The van der Waals surface area contributed by atoms with Crippen LogP contribution in [-0.2, 0) is 12.0 Å². The minimum Gasteiger partial charge on any atom is -0.376 e. The molecule has 2 N–H and O–H groups in total. The van der Waals surface area contributed by atoms with Gasteiger partial charge in [-0.15, -0.1) is 22.7 Å². The van der Waals surface area contributed by atoms with Crippen LogP contribution in [0.3, 0.4) is 0 Å². The number of H-pyrrole nitrogens is 1. The summed E-state index contributed by atoms with van der Waals surface area (Å²) in [7, 11) is 0. The zero-order valence-electron chi connectivity index (χ0n) is 9.53. The first-order chi connectivity index (χ1) is 8.83. The molecular weight excluding hydrogens is 315 g/mol. The molecule has 0 saturated heterocycles. The second-order valence-corrected chi connectivity index (χ2v) is 6.73.